The summed E-state index contributed by atoms with van der Waals surface area (Å²) >= 11 is 5.57. The van der Waals surface area contributed by atoms with Crippen molar-refractivity contribution >= 4 is 23.1 Å². The van der Waals surface area contributed by atoms with Crippen LogP contribution in [0, 0.1) is 0 Å². The minimum absolute atomic E-state index is 0.0151. The Morgan fingerprint density at radius 2 is 2.05 bits per heavy atom. The summed E-state index contributed by atoms with van der Waals surface area (Å²) in [5, 5.41) is 7.55. The van der Waals surface area contributed by atoms with Crippen LogP contribution in [-0.2, 0) is 4.79 Å². The van der Waals surface area contributed by atoms with Gasteiger partial charge in [-0.2, -0.15) is 0 Å². The van der Waals surface area contributed by atoms with Gasteiger partial charge in [-0.25, -0.2) is 0 Å². The van der Waals surface area contributed by atoms with Crippen molar-refractivity contribution in [2.24, 2.45) is 0 Å². The maximum absolute atomic E-state index is 11.5. The number of carbonyl (C=O) groups is 1. The van der Waals surface area contributed by atoms with Gasteiger partial charge in [0.2, 0.25) is 18.2 Å². The van der Waals surface area contributed by atoms with Crippen LogP contribution in [0.1, 0.15) is 12.0 Å². The zero-order valence-corrected chi connectivity index (χ0v) is 12.1. The van der Waals surface area contributed by atoms with Gasteiger partial charge in [-0.05, 0) is 29.7 Å². The number of carbonyl (C=O) groups excluding carboxylic acids is 1. The van der Waals surface area contributed by atoms with Crippen LogP contribution < -0.4 is 0 Å². The van der Waals surface area contributed by atoms with Crippen LogP contribution >= 0.6 is 11.6 Å². The number of aromatic nitrogens is 2. The molecule has 0 N–H and O–H groups in total. The fraction of sp³-hybridized carbons (Fsp3) is 0.267. The summed E-state index contributed by atoms with van der Waals surface area (Å²) in [4.78, 5) is 13.3. The molecule has 1 aromatic heterocycles. The Morgan fingerprint density at radius 1 is 1.29 bits per heavy atom. The highest BCUT2D eigenvalue weighted by Crippen LogP contribution is 2.25. The minimum atomic E-state index is -0.0151. The molecule has 0 atom stereocenters. The van der Waals surface area contributed by atoms with Gasteiger partial charge in [-0.3, -0.25) is 4.79 Å². The first-order chi connectivity index (χ1) is 10.3. The predicted octanol–water partition coefficient (Wildman–Crippen LogP) is 2.59. The first-order valence-corrected chi connectivity index (χ1v) is 7.21. The smallest absolute Gasteiger partial charge is 0.247 e. The van der Waals surface area contributed by atoms with Crippen molar-refractivity contribution in [1.82, 2.24) is 15.1 Å². The number of halogens is 1. The van der Waals surface area contributed by atoms with Crippen LogP contribution in [0.4, 0.5) is 0 Å². The molecule has 0 spiro atoms. The van der Waals surface area contributed by atoms with Gasteiger partial charge in [-0.1, -0.05) is 18.2 Å². The van der Waals surface area contributed by atoms with Crippen molar-refractivity contribution < 1.29 is 9.21 Å². The lowest BCUT2D eigenvalue weighted by Gasteiger charge is -2.26. The number of hydrogen-bond acceptors (Lipinski definition) is 4. The summed E-state index contributed by atoms with van der Waals surface area (Å²) < 4.78 is 5.16. The molecule has 0 radical (unpaired) electrons. The van der Waals surface area contributed by atoms with E-state index in [1.165, 1.54) is 12.0 Å². The second-order valence-corrected chi connectivity index (χ2v) is 5.04. The van der Waals surface area contributed by atoms with E-state index in [-0.39, 0.29) is 11.8 Å². The standard InChI is InChI=1S/C15H14ClN3O2/c16-9-14(20)19-7-5-12(6-8-19)11-1-3-13(4-2-11)15-18-17-10-21-15/h1-5,10H,6-9H2. The lowest BCUT2D eigenvalue weighted by atomic mass is 9.98. The van der Waals surface area contributed by atoms with E-state index in [0.29, 0.717) is 19.0 Å². The summed E-state index contributed by atoms with van der Waals surface area (Å²) in [6, 6.07) is 7.98. The summed E-state index contributed by atoms with van der Waals surface area (Å²) in [5.41, 5.74) is 3.29. The van der Waals surface area contributed by atoms with Crippen molar-refractivity contribution in [3.05, 3.63) is 42.3 Å². The normalized spacial score (nSPS) is 14.9. The van der Waals surface area contributed by atoms with Crippen molar-refractivity contribution in [3.63, 3.8) is 0 Å². The zero-order chi connectivity index (χ0) is 14.7. The molecule has 0 bridgehead atoms. The average Bonchev–Trinajstić information content (AvgIpc) is 3.09. The van der Waals surface area contributed by atoms with Crippen molar-refractivity contribution in [2.45, 2.75) is 6.42 Å². The molecular weight excluding hydrogens is 290 g/mol. The number of amides is 1. The highest BCUT2D eigenvalue weighted by atomic mass is 35.5. The molecule has 0 saturated heterocycles. The number of rotatable bonds is 3. The van der Waals surface area contributed by atoms with Crippen molar-refractivity contribution in [1.29, 1.82) is 0 Å². The summed E-state index contributed by atoms with van der Waals surface area (Å²) in [5.74, 6) is 0.541. The van der Waals surface area contributed by atoms with Crippen molar-refractivity contribution in [2.75, 3.05) is 19.0 Å². The van der Waals surface area contributed by atoms with Crippen LogP contribution in [0.2, 0.25) is 0 Å². The summed E-state index contributed by atoms with van der Waals surface area (Å²) in [6.07, 6.45) is 4.23. The highest BCUT2D eigenvalue weighted by Gasteiger charge is 2.17. The molecule has 0 aliphatic carbocycles. The van der Waals surface area contributed by atoms with E-state index < -0.39 is 0 Å². The molecule has 3 rings (SSSR count). The molecule has 6 heteroatoms. The maximum atomic E-state index is 11.5. The molecule has 0 saturated carbocycles. The molecule has 0 unspecified atom stereocenters. The summed E-state index contributed by atoms with van der Waals surface area (Å²) in [6.45, 7) is 1.33. The molecule has 1 amide bonds. The summed E-state index contributed by atoms with van der Waals surface area (Å²) in [7, 11) is 0. The maximum Gasteiger partial charge on any atom is 0.247 e. The second-order valence-electron chi connectivity index (χ2n) is 4.77. The number of benzene rings is 1. The fourth-order valence-corrected chi connectivity index (χ4v) is 2.54. The van der Waals surface area contributed by atoms with Crippen LogP contribution in [0.15, 0.2) is 41.2 Å². The van der Waals surface area contributed by atoms with Crippen LogP contribution in [0.5, 0.6) is 0 Å². The molecular formula is C15H14ClN3O2. The minimum Gasteiger partial charge on any atom is -0.423 e. The first-order valence-electron chi connectivity index (χ1n) is 6.67. The molecule has 2 aromatic rings. The van der Waals surface area contributed by atoms with Gasteiger partial charge in [0.1, 0.15) is 5.88 Å². The lowest BCUT2D eigenvalue weighted by Crippen LogP contribution is -2.35. The van der Waals surface area contributed by atoms with E-state index in [4.69, 9.17) is 16.0 Å². The van der Waals surface area contributed by atoms with E-state index in [9.17, 15) is 4.79 Å². The largest absolute Gasteiger partial charge is 0.423 e. The second kappa shape index (κ2) is 6.10. The van der Waals surface area contributed by atoms with Gasteiger partial charge in [0, 0.05) is 18.7 Å². The Kier molecular flexibility index (Phi) is 4.01. The van der Waals surface area contributed by atoms with Gasteiger partial charge >= 0.3 is 0 Å². The monoisotopic (exact) mass is 303 g/mol. The molecule has 5 nitrogen and oxygen atoms in total. The van der Waals surface area contributed by atoms with E-state index in [1.807, 2.05) is 24.3 Å². The van der Waals surface area contributed by atoms with Gasteiger partial charge in [0.25, 0.3) is 0 Å². The molecule has 21 heavy (non-hydrogen) atoms. The number of alkyl halides is 1. The van der Waals surface area contributed by atoms with Gasteiger partial charge < -0.3 is 9.32 Å². The Bertz CT molecular complexity index is 650. The third kappa shape index (κ3) is 2.97. The SMILES string of the molecule is O=C(CCl)N1CC=C(c2ccc(-c3nnco3)cc2)CC1. The van der Waals surface area contributed by atoms with E-state index >= 15 is 0 Å². The molecule has 1 aliphatic rings. The quantitative estimate of drug-likeness (QED) is 0.818. The fourth-order valence-electron chi connectivity index (χ4n) is 2.37. The van der Waals surface area contributed by atoms with Crippen LogP contribution in [0.3, 0.4) is 0 Å². The Labute approximate surface area is 127 Å². The van der Waals surface area contributed by atoms with Gasteiger partial charge in [0.05, 0.1) is 0 Å². The third-order valence-corrected chi connectivity index (χ3v) is 3.77. The van der Waals surface area contributed by atoms with Crippen LogP contribution in [0.25, 0.3) is 17.0 Å². The molecule has 108 valence electrons. The Hall–Kier alpha value is -2.14. The van der Waals surface area contributed by atoms with E-state index in [1.54, 1.807) is 4.90 Å². The van der Waals surface area contributed by atoms with Gasteiger partial charge in [0.15, 0.2) is 0 Å². The Morgan fingerprint density at radius 3 is 2.62 bits per heavy atom. The molecule has 1 aliphatic heterocycles. The van der Waals surface area contributed by atoms with Gasteiger partial charge in [-0.15, -0.1) is 21.8 Å². The van der Waals surface area contributed by atoms with Crippen LogP contribution in [-0.4, -0.2) is 40.0 Å². The average molecular weight is 304 g/mol. The Balaban J connectivity index is 1.73. The molecule has 0 fully saturated rings. The van der Waals surface area contributed by atoms with Crippen molar-refractivity contribution in [3.8, 4) is 11.5 Å². The predicted molar refractivity (Wildman–Crippen MR) is 79.6 cm³/mol. The lowest BCUT2D eigenvalue weighted by molar-refractivity contribution is -0.128. The van der Waals surface area contributed by atoms with E-state index in [2.05, 4.69) is 16.3 Å². The topological polar surface area (TPSA) is 59.2 Å². The molecule has 1 aromatic carbocycles. The number of nitrogens with zero attached hydrogens (tertiary/aromatic N) is 3. The molecule has 2 heterocycles. The zero-order valence-electron chi connectivity index (χ0n) is 11.3. The van der Waals surface area contributed by atoms with E-state index in [0.717, 1.165) is 17.5 Å². The number of hydrogen-bond donors (Lipinski definition) is 0. The first kappa shape index (κ1) is 13.8. The highest BCUT2D eigenvalue weighted by molar-refractivity contribution is 6.27. The third-order valence-electron chi connectivity index (χ3n) is 3.54.